The van der Waals surface area contributed by atoms with E-state index in [4.69, 9.17) is 5.26 Å². The van der Waals surface area contributed by atoms with Crippen molar-refractivity contribution in [3.8, 4) is 6.07 Å². The van der Waals surface area contributed by atoms with Crippen molar-refractivity contribution in [1.29, 1.82) is 5.26 Å². The molecule has 24 heavy (non-hydrogen) atoms. The fraction of sp³-hybridized carbons (Fsp3) is 0.167. The Kier molecular flexibility index (Phi) is 4.93. The van der Waals surface area contributed by atoms with Gasteiger partial charge >= 0.3 is 0 Å². The van der Waals surface area contributed by atoms with Gasteiger partial charge in [-0.05, 0) is 48.9 Å². The first-order valence-electron chi connectivity index (χ1n) is 7.50. The highest BCUT2D eigenvalue weighted by Gasteiger charge is 2.09. The Bertz CT molecular complexity index is 1010. The zero-order valence-corrected chi connectivity index (χ0v) is 15.4. The summed E-state index contributed by atoms with van der Waals surface area (Å²) < 4.78 is 4.17. The van der Waals surface area contributed by atoms with E-state index in [1.807, 2.05) is 24.3 Å². The van der Waals surface area contributed by atoms with Crippen LogP contribution in [-0.2, 0) is 6.54 Å². The SMILES string of the molecule is CCCn1c(=NC(=O)c2ccc(C#N)cc2)sc2cc(Br)ccc21. The molecule has 0 spiro atoms. The van der Waals surface area contributed by atoms with E-state index in [1.54, 1.807) is 24.3 Å². The summed E-state index contributed by atoms with van der Waals surface area (Å²) in [6.45, 7) is 2.91. The molecule has 3 rings (SSSR count). The van der Waals surface area contributed by atoms with E-state index in [2.05, 4.69) is 32.4 Å². The van der Waals surface area contributed by atoms with E-state index >= 15 is 0 Å². The van der Waals surface area contributed by atoms with Gasteiger partial charge < -0.3 is 4.57 Å². The van der Waals surface area contributed by atoms with Gasteiger partial charge in [-0.3, -0.25) is 4.79 Å². The molecule has 0 fully saturated rings. The van der Waals surface area contributed by atoms with Gasteiger partial charge in [-0.2, -0.15) is 10.3 Å². The van der Waals surface area contributed by atoms with Gasteiger partial charge in [0.25, 0.3) is 5.91 Å². The van der Waals surface area contributed by atoms with Crippen LogP contribution in [-0.4, -0.2) is 10.5 Å². The summed E-state index contributed by atoms with van der Waals surface area (Å²) in [5.74, 6) is -0.296. The Morgan fingerprint density at radius 3 is 2.71 bits per heavy atom. The molecule has 0 atom stereocenters. The van der Waals surface area contributed by atoms with Crippen LogP contribution in [0, 0.1) is 11.3 Å². The van der Waals surface area contributed by atoms with Crippen molar-refractivity contribution in [2.45, 2.75) is 19.9 Å². The lowest BCUT2D eigenvalue weighted by molar-refractivity contribution is 0.0998. The molecule has 0 unspecified atom stereocenters. The third-order valence-electron chi connectivity index (χ3n) is 3.55. The minimum Gasteiger partial charge on any atom is -0.316 e. The smallest absolute Gasteiger partial charge is 0.279 e. The maximum atomic E-state index is 12.4. The Hall–Kier alpha value is -2.23. The van der Waals surface area contributed by atoms with Crippen molar-refractivity contribution in [1.82, 2.24) is 4.57 Å². The highest BCUT2D eigenvalue weighted by Crippen LogP contribution is 2.22. The van der Waals surface area contributed by atoms with Crippen LogP contribution in [0.3, 0.4) is 0 Å². The minimum atomic E-state index is -0.296. The minimum absolute atomic E-state index is 0.296. The van der Waals surface area contributed by atoms with Crippen LogP contribution in [0.25, 0.3) is 10.2 Å². The third kappa shape index (κ3) is 3.32. The normalized spacial score (nSPS) is 11.6. The summed E-state index contributed by atoms with van der Waals surface area (Å²) in [4.78, 5) is 17.5. The second-order valence-electron chi connectivity index (χ2n) is 5.25. The van der Waals surface area contributed by atoms with Crippen LogP contribution in [0.4, 0.5) is 0 Å². The van der Waals surface area contributed by atoms with Crippen LogP contribution in [0.1, 0.15) is 29.3 Å². The number of aryl methyl sites for hydroxylation is 1. The number of aromatic nitrogens is 1. The maximum absolute atomic E-state index is 12.4. The number of nitriles is 1. The summed E-state index contributed by atoms with van der Waals surface area (Å²) in [5, 5.41) is 8.84. The number of amides is 1. The van der Waals surface area contributed by atoms with Crippen LogP contribution in [0.15, 0.2) is 51.9 Å². The monoisotopic (exact) mass is 399 g/mol. The fourth-order valence-corrected chi connectivity index (χ4v) is 4.02. The molecule has 6 heteroatoms. The molecule has 0 aliphatic heterocycles. The summed E-state index contributed by atoms with van der Waals surface area (Å²) in [5.41, 5.74) is 2.09. The molecule has 1 heterocycles. The van der Waals surface area contributed by atoms with Gasteiger partial charge in [-0.1, -0.05) is 34.2 Å². The lowest BCUT2D eigenvalue weighted by atomic mass is 10.1. The molecular formula is C18H14BrN3OS. The number of thiazole rings is 1. The van der Waals surface area contributed by atoms with Gasteiger partial charge in [0.15, 0.2) is 4.80 Å². The Balaban J connectivity index is 2.09. The highest BCUT2D eigenvalue weighted by atomic mass is 79.9. The number of hydrogen-bond acceptors (Lipinski definition) is 3. The Labute approximate surface area is 151 Å². The van der Waals surface area contributed by atoms with Crippen molar-refractivity contribution < 1.29 is 4.79 Å². The number of carbonyl (C=O) groups excluding carboxylic acids is 1. The van der Waals surface area contributed by atoms with E-state index in [0.29, 0.717) is 15.9 Å². The van der Waals surface area contributed by atoms with E-state index in [1.165, 1.54) is 11.3 Å². The topological polar surface area (TPSA) is 58.1 Å². The van der Waals surface area contributed by atoms with Crippen LogP contribution in [0.5, 0.6) is 0 Å². The van der Waals surface area contributed by atoms with Gasteiger partial charge in [0, 0.05) is 16.6 Å². The number of fused-ring (bicyclic) bond motifs is 1. The van der Waals surface area contributed by atoms with Crippen molar-refractivity contribution in [3.05, 3.63) is 62.9 Å². The summed E-state index contributed by atoms with van der Waals surface area (Å²) in [6.07, 6.45) is 0.958. The lowest BCUT2D eigenvalue weighted by Crippen LogP contribution is -2.16. The maximum Gasteiger partial charge on any atom is 0.279 e. The number of carbonyl (C=O) groups is 1. The van der Waals surface area contributed by atoms with Crippen LogP contribution in [0.2, 0.25) is 0 Å². The van der Waals surface area contributed by atoms with Crippen LogP contribution >= 0.6 is 27.3 Å². The van der Waals surface area contributed by atoms with Gasteiger partial charge in [-0.15, -0.1) is 0 Å². The van der Waals surface area contributed by atoms with Gasteiger partial charge in [0.05, 0.1) is 21.8 Å². The Morgan fingerprint density at radius 1 is 1.29 bits per heavy atom. The average Bonchev–Trinajstić information content (AvgIpc) is 2.91. The first kappa shape index (κ1) is 16.6. The average molecular weight is 400 g/mol. The molecule has 0 aliphatic carbocycles. The van der Waals surface area contributed by atoms with Crippen molar-refractivity contribution >= 4 is 43.4 Å². The zero-order chi connectivity index (χ0) is 17.1. The second kappa shape index (κ2) is 7.12. The summed E-state index contributed by atoms with van der Waals surface area (Å²) >= 11 is 4.98. The van der Waals surface area contributed by atoms with Gasteiger partial charge in [0.2, 0.25) is 0 Å². The first-order chi connectivity index (χ1) is 11.6. The molecule has 1 aromatic heterocycles. The first-order valence-corrected chi connectivity index (χ1v) is 9.11. The van der Waals surface area contributed by atoms with E-state index < -0.39 is 0 Å². The van der Waals surface area contributed by atoms with Gasteiger partial charge in [-0.25, -0.2) is 0 Å². The van der Waals surface area contributed by atoms with E-state index in [-0.39, 0.29) is 5.91 Å². The zero-order valence-electron chi connectivity index (χ0n) is 13.0. The molecule has 0 bridgehead atoms. The number of hydrogen-bond donors (Lipinski definition) is 0. The molecule has 0 N–H and O–H groups in total. The van der Waals surface area contributed by atoms with Crippen molar-refractivity contribution in [2.75, 3.05) is 0 Å². The number of benzene rings is 2. The van der Waals surface area contributed by atoms with E-state index in [0.717, 1.165) is 27.7 Å². The molecule has 0 radical (unpaired) electrons. The molecule has 1 amide bonds. The predicted octanol–water partition coefficient (Wildman–Crippen LogP) is 4.49. The molecule has 0 aliphatic rings. The molecule has 4 nitrogen and oxygen atoms in total. The summed E-state index contributed by atoms with van der Waals surface area (Å²) in [6, 6.07) is 14.6. The van der Waals surface area contributed by atoms with Crippen molar-refractivity contribution in [2.24, 2.45) is 4.99 Å². The molecule has 3 aromatic rings. The second-order valence-corrected chi connectivity index (χ2v) is 7.18. The molecule has 0 saturated carbocycles. The number of rotatable bonds is 3. The predicted molar refractivity (Wildman–Crippen MR) is 98.9 cm³/mol. The standard InChI is InChI=1S/C18H14BrN3OS/c1-2-9-22-15-8-7-14(19)10-16(15)24-18(22)21-17(23)13-5-3-12(11-20)4-6-13/h3-8,10H,2,9H2,1H3. The molecular weight excluding hydrogens is 386 g/mol. The molecule has 2 aromatic carbocycles. The highest BCUT2D eigenvalue weighted by molar-refractivity contribution is 9.10. The quantitative estimate of drug-likeness (QED) is 0.651. The summed E-state index contributed by atoms with van der Waals surface area (Å²) in [7, 11) is 0. The number of nitrogens with zero attached hydrogens (tertiary/aromatic N) is 3. The number of halogens is 1. The van der Waals surface area contributed by atoms with Crippen LogP contribution < -0.4 is 4.80 Å². The van der Waals surface area contributed by atoms with Crippen molar-refractivity contribution in [3.63, 3.8) is 0 Å². The Morgan fingerprint density at radius 2 is 2.04 bits per heavy atom. The van der Waals surface area contributed by atoms with E-state index in [9.17, 15) is 4.79 Å². The largest absolute Gasteiger partial charge is 0.316 e. The van der Waals surface area contributed by atoms with Gasteiger partial charge in [0.1, 0.15) is 0 Å². The third-order valence-corrected chi connectivity index (χ3v) is 5.08. The molecule has 0 saturated heterocycles. The fourth-order valence-electron chi connectivity index (χ4n) is 2.41. The molecule has 120 valence electrons. The lowest BCUT2D eigenvalue weighted by Gasteiger charge is -2.02.